The van der Waals surface area contributed by atoms with Gasteiger partial charge in [0.2, 0.25) is 0 Å². The lowest BCUT2D eigenvalue weighted by Gasteiger charge is -2.20. The molecule has 2 rings (SSSR count). The highest BCUT2D eigenvalue weighted by Gasteiger charge is 2.41. The maximum Gasteiger partial charge on any atom is 0.0294 e. The molecule has 1 saturated carbocycles. The molecule has 2 heteroatoms. The van der Waals surface area contributed by atoms with Crippen molar-refractivity contribution in [2.24, 2.45) is 0 Å². The fourth-order valence-electron chi connectivity index (χ4n) is 2.35. The van der Waals surface area contributed by atoms with E-state index in [0.29, 0.717) is 10.8 Å². The Morgan fingerprint density at radius 2 is 2.06 bits per heavy atom. The largest absolute Gasteiger partial charge is 0.309 e. The van der Waals surface area contributed by atoms with Crippen LogP contribution >= 0.6 is 11.8 Å². The van der Waals surface area contributed by atoms with Crippen LogP contribution in [0.1, 0.15) is 42.5 Å². The third kappa shape index (κ3) is 3.05. The summed E-state index contributed by atoms with van der Waals surface area (Å²) in [7, 11) is 0. The Hall–Kier alpha value is -0.470. The lowest BCUT2D eigenvalue weighted by molar-refractivity contribution is 0.561. The number of hydrogen-bond donors (Lipinski definition) is 1. The molecule has 0 bridgehead atoms. The molecule has 1 nitrogen and oxygen atoms in total. The van der Waals surface area contributed by atoms with Gasteiger partial charge < -0.3 is 5.32 Å². The molecule has 0 radical (unpaired) electrons. The summed E-state index contributed by atoms with van der Waals surface area (Å²) in [5, 5.41) is 3.69. The molecule has 1 N–H and O–H groups in total. The number of nitrogens with one attached hydrogen (secondary N) is 1. The normalized spacial score (nSPS) is 19.1. The lowest BCUT2D eigenvalue weighted by atomic mass is 10.0. The highest BCUT2D eigenvalue weighted by atomic mass is 32.2. The molecule has 1 aromatic rings. The predicted octanol–water partition coefficient (Wildman–Crippen LogP) is 3.85. The van der Waals surface area contributed by atoms with E-state index in [1.165, 1.54) is 29.5 Å². The molecular formula is C15H23NS. The van der Waals surface area contributed by atoms with Gasteiger partial charge in [0.15, 0.2) is 0 Å². The topological polar surface area (TPSA) is 12.0 Å². The standard InChI is InChI=1S/C15H23NS/c1-11-5-6-14(12(2)9-11)13(3)16-10-15(17-4)7-8-15/h5-6,9,13,16H,7-8,10H2,1-4H3. The van der Waals surface area contributed by atoms with Gasteiger partial charge in [0, 0.05) is 17.3 Å². The summed E-state index contributed by atoms with van der Waals surface area (Å²) in [6, 6.07) is 7.21. The summed E-state index contributed by atoms with van der Waals surface area (Å²) >= 11 is 2.02. The summed E-state index contributed by atoms with van der Waals surface area (Å²) in [6.45, 7) is 7.78. The Bertz CT molecular complexity index is 396. The minimum absolute atomic E-state index is 0.459. The van der Waals surface area contributed by atoms with Crippen molar-refractivity contribution in [3.05, 3.63) is 34.9 Å². The number of hydrogen-bond acceptors (Lipinski definition) is 2. The van der Waals surface area contributed by atoms with Crippen LogP contribution in [0, 0.1) is 13.8 Å². The van der Waals surface area contributed by atoms with E-state index in [4.69, 9.17) is 0 Å². The van der Waals surface area contributed by atoms with Gasteiger partial charge in [-0.2, -0.15) is 11.8 Å². The quantitative estimate of drug-likeness (QED) is 0.850. The first-order chi connectivity index (χ1) is 8.06. The molecule has 1 fully saturated rings. The highest BCUT2D eigenvalue weighted by Crippen LogP contribution is 2.46. The second kappa shape index (κ2) is 5.03. The fraction of sp³-hybridized carbons (Fsp3) is 0.600. The summed E-state index contributed by atoms with van der Waals surface area (Å²) in [4.78, 5) is 0. The van der Waals surface area contributed by atoms with Crippen molar-refractivity contribution in [2.75, 3.05) is 12.8 Å². The van der Waals surface area contributed by atoms with Crippen LogP contribution in [-0.2, 0) is 0 Å². The van der Waals surface area contributed by atoms with Crippen LogP contribution in [0.3, 0.4) is 0 Å². The average Bonchev–Trinajstić information content (AvgIpc) is 3.07. The first kappa shape index (κ1) is 13.0. The zero-order chi connectivity index (χ0) is 12.5. The fourth-order valence-corrected chi connectivity index (χ4v) is 3.09. The van der Waals surface area contributed by atoms with Crippen molar-refractivity contribution >= 4 is 11.8 Å². The van der Waals surface area contributed by atoms with E-state index in [0.717, 1.165) is 6.54 Å². The van der Waals surface area contributed by atoms with Crippen molar-refractivity contribution in [1.29, 1.82) is 0 Å². The van der Waals surface area contributed by atoms with Crippen molar-refractivity contribution in [3.63, 3.8) is 0 Å². The van der Waals surface area contributed by atoms with Gasteiger partial charge in [-0.3, -0.25) is 0 Å². The molecule has 1 unspecified atom stereocenters. The average molecular weight is 249 g/mol. The summed E-state index contributed by atoms with van der Waals surface area (Å²) < 4.78 is 0.548. The minimum atomic E-state index is 0.459. The molecule has 0 aromatic heterocycles. The SMILES string of the molecule is CSC1(CNC(C)c2ccc(C)cc2C)CC1. The van der Waals surface area contributed by atoms with Gasteiger partial charge in [-0.1, -0.05) is 23.8 Å². The van der Waals surface area contributed by atoms with Crippen LogP contribution < -0.4 is 5.32 Å². The van der Waals surface area contributed by atoms with Gasteiger partial charge in [-0.15, -0.1) is 0 Å². The van der Waals surface area contributed by atoms with Gasteiger partial charge in [0.1, 0.15) is 0 Å². The summed E-state index contributed by atoms with van der Waals surface area (Å²) in [5.41, 5.74) is 4.19. The Kier molecular flexibility index (Phi) is 3.84. The number of thioether (sulfide) groups is 1. The molecule has 17 heavy (non-hydrogen) atoms. The molecule has 1 aromatic carbocycles. The van der Waals surface area contributed by atoms with E-state index in [-0.39, 0.29) is 0 Å². The Labute approximate surface area is 109 Å². The number of rotatable bonds is 5. The monoisotopic (exact) mass is 249 g/mol. The van der Waals surface area contributed by atoms with Gasteiger partial charge in [0.25, 0.3) is 0 Å². The third-order valence-electron chi connectivity index (χ3n) is 3.86. The van der Waals surface area contributed by atoms with Crippen LogP contribution in [0.5, 0.6) is 0 Å². The zero-order valence-corrected chi connectivity index (χ0v) is 12.2. The van der Waals surface area contributed by atoms with Crippen LogP contribution in [0.25, 0.3) is 0 Å². The van der Waals surface area contributed by atoms with Gasteiger partial charge in [-0.05, 0) is 51.0 Å². The van der Waals surface area contributed by atoms with Crippen LogP contribution in [0.15, 0.2) is 18.2 Å². The van der Waals surface area contributed by atoms with Gasteiger partial charge in [-0.25, -0.2) is 0 Å². The van der Waals surface area contributed by atoms with Crippen LogP contribution in [0.4, 0.5) is 0 Å². The smallest absolute Gasteiger partial charge is 0.0294 e. The Balaban J connectivity index is 1.97. The van der Waals surface area contributed by atoms with Crippen molar-refractivity contribution < 1.29 is 0 Å². The van der Waals surface area contributed by atoms with E-state index >= 15 is 0 Å². The van der Waals surface area contributed by atoms with E-state index < -0.39 is 0 Å². The maximum absolute atomic E-state index is 3.69. The third-order valence-corrected chi connectivity index (χ3v) is 5.28. The van der Waals surface area contributed by atoms with Crippen molar-refractivity contribution in [1.82, 2.24) is 5.32 Å². The van der Waals surface area contributed by atoms with E-state index in [1.54, 1.807) is 0 Å². The Morgan fingerprint density at radius 1 is 1.35 bits per heavy atom. The van der Waals surface area contributed by atoms with E-state index in [2.05, 4.69) is 50.5 Å². The lowest BCUT2D eigenvalue weighted by Crippen LogP contribution is -2.28. The second-order valence-corrected chi connectivity index (χ2v) is 6.62. The molecular weight excluding hydrogens is 226 g/mol. The van der Waals surface area contributed by atoms with Crippen LogP contribution in [-0.4, -0.2) is 17.5 Å². The molecule has 94 valence electrons. The molecule has 1 aliphatic rings. The van der Waals surface area contributed by atoms with E-state index in [9.17, 15) is 0 Å². The van der Waals surface area contributed by atoms with E-state index in [1.807, 2.05) is 11.8 Å². The van der Waals surface area contributed by atoms with Gasteiger partial charge >= 0.3 is 0 Å². The first-order valence-corrected chi connectivity index (χ1v) is 7.64. The maximum atomic E-state index is 3.69. The molecule has 0 amide bonds. The molecule has 1 atom stereocenters. The minimum Gasteiger partial charge on any atom is -0.309 e. The predicted molar refractivity (Wildman–Crippen MR) is 77.8 cm³/mol. The summed E-state index contributed by atoms with van der Waals surface area (Å²) in [5.74, 6) is 0. The van der Waals surface area contributed by atoms with Crippen molar-refractivity contribution in [3.8, 4) is 0 Å². The number of benzene rings is 1. The number of aryl methyl sites for hydroxylation is 2. The van der Waals surface area contributed by atoms with Crippen molar-refractivity contribution in [2.45, 2.75) is 44.4 Å². The molecule has 0 saturated heterocycles. The zero-order valence-electron chi connectivity index (χ0n) is 11.3. The molecule has 1 aliphatic carbocycles. The second-order valence-electron chi connectivity index (χ2n) is 5.35. The molecule has 0 aliphatic heterocycles. The summed E-state index contributed by atoms with van der Waals surface area (Å²) in [6.07, 6.45) is 4.98. The first-order valence-electron chi connectivity index (χ1n) is 6.42. The van der Waals surface area contributed by atoms with Gasteiger partial charge in [0.05, 0.1) is 0 Å². The van der Waals surface area contributed by atoms with Crippen LogP contribution in [0.2, 0.25) is 0 Å². The highest BCUT2D eigenvalue weighted by molar-refractivity contribution is 8.00. The Morgan fingerprint density at radius 3 is 2.59 bits per heavy atom. The molecule has 0 spiro atoms. The molecule has 0 heterocycles.